The Hall–Kier alpha value is -2.25. The van der Waals surface area contributed by atoms with E-state index in [2.05, 4.69) is 20.2 Å². The molecule has 2 aromatic rings. The third-order valence-corrected chi connectivity index (χ3v) is 4.28. The summed E-state index contributed by atoms with van der Waals surface area (Å²) in [7, 11) is 1.58. The van der Waals surface area contributed by atoms with Crippen LogP contribution in [0.25, 0.3) is 0 Å². The number of methoxy groups -OCH3 is 1. The standard InChI is InChI=1S/C18H23FN4O2/c1-13(18(24-2)14-5-3-4-6-15(14)19)22-16-11-17(21-12-20-16)23-7-9-25-10-8-23/h3-6,11-13,18H,7-10H2,1-2H3,(H,20,21,22)/t13-,18-/m0/s1. The van der Waals surface area contributed by atoms with Crippen molar-refractivity contribution in [3.63, 3.8) is 0 Å². The van der Waals surface area contributed by atoms with E-state index in [0.717, 1.165) is 18.9 Å². The Morgan fingerprint density at radius 3 is 2.72 bits per heavy atom. The van der Waals surface area contributed by atoms with Gasteiger partial charge in [0, 0.05) is 31.8 Å². The summed E-state index contributed by atoms with van der Waals surface area (Å²) in [5.41, 5.74) is 0.521. The van der Waals surface area contributed by atoms with E-state index in [1.807, 2.05) is 13.0 Å². The summed E-state index contributed by atoms with van der Waals surface area (Å²) in [6.07, 6.45) is 1.10. The zero-order valence-electron chi connectivity index (χ0n) is 14.5. The van der Waals surface area contributed by atoms with Crippen molar-refractivity contribution in [2.45, 2.75) is 19.1 Å². The number of nitrogens with zero attached hydrogens (tertiary/aromatic N) is 3. The van der Waals surface area contributed by atoms with Crippen LogP contribution in [0.4, 0.5) is 16.0 Å². The number of morpholine rings is 1. The maximum absolute atomic E-state index is 14.1. The number of aromatic nitrogens is 2. The molecule has 6 nitrogen and oxygen atoms in total. The topological polar surface area (TPSA) is 59.5 Å². The lowest BCUT2D eigenvalue weighted by molar-refractivity contribution is 0.0875. The summed E-state index contributed by atoms with van der Waals surface area (Å²) < 4.78 is 25.0. The minimum atomic E-state index is -0.428. The summed E-state index contributed by atoms with van der Waals surface area (Å²) in [6, 6.07) is 8.38. The first kappa shape index (κ1) is 17.6. The molecule has 1 aliphatic heterocycles. The second-order valence-electron chi connectivity index (χ2n) is 5.97. The van der Waals surface area contributed by atoms with Gasteiger partial charge in [-0.1, -0.05) is 18.2 Å². The zero-order valence-corrected chi connectivity index (χ0v) is 14.5. The van der Waals surface area contributed by atoms with Crippen molar-refractivity contribution in [3.8, 4) is 0 Å². The van der Waals surface area contributed by atoms with Crippen LogP contribution in [-0.2, 0) is 9.47 Å². The Kier molecular flexibility index (Phi) is 5.78. The van der Waals surface area contributed by atoms with Gasteiger partial charge in [0.1, 0.15) is 29.9 Å². The molecule has 1 saturated heterocycles. The molecule has 134 valence electrons. The van der Waals surface area contributed by atoms with Gasteiger partial charge in [-0.05, 0) is 13.0 Å². The molecule has 0 spiro atoms. The van der Waals surface area contributed by atoms with Crippen LogP contribution in [0.1, 0.15) is 18.6 Å². The molecule has 3 rings (SSSR count). The van der Waals surface area contributed by atoms with Crippen molar-refractivity contribution in [3.05, 3.63) is 48.0 Å². The van der Waals surface area contributed by atoms with Crippen LogP contribution >= 0.6 is 0 Å². The number of rotatable bonds is 6. The molecule has 7 heteroatoms. The van der Waals surface area contributed by atoms with Crippen LogP contribution in [0.3, 0.4) is 0 Å². The van der Waals surface area contributed by atoms with Crippen LogP contribution in [0.5, 0.6) is 0 Å². The number of ether oxygens (including phenoxy) is 2. The number of hydrogen-bond donors (Lipinski definition) is 1. The Balaban J connectivity index is 1.73. The average Bonchev–Trinajstić information content (AvgIpc) is 2.65. The molecule has 0 bridgehead atoms. The van der Waals surface area contributed by atoms with Gasteiger partial charge in [-0.2, -0.15) is 0 Å². The summed E-state index contributed by atoms with van der Waals surface area (Å²) in [5, 5.41) is 3.30. The predicted octanol–water partition coefficient (Wildman–Crippen LogP) is 2.64. The highest BCUT2D eigenvalue weighted by Crippen LogP contribution is 2.26. The van der Waals surface area contributed by atoms with Gasteiger partial charge in [0.2, 0.25) is 0 Å². The van der Waals surface area contributed by atoms with Crippen LogP contribution in [-0.4, -0.2) is 49.4 Å². The highest BCUT2D eigenvalue weighted by Gasteiger charge is 2.22. The van der Waals surface area contributed by atoms with Gasteiger partial charge in [-0.3, -0.25) is 0 Å². The molecular formula is C18H23FN4O2. The maximum atomic E-state index is 14.1. The van der Waals surface area contributed by atoms with Gasteiger partial charge in [0.25, 0.3) is 0 Å². The second kappa shape index (κ2) is 8.22. The molecule has 1 aromatic heterocycles. The number of halogens is 1. The van der Waals surface area contributed by atoms with E-state index in [1.54, 1.807) is 25.3 Å². The molecule has 0 aliphatic carbocycles. The largest absolute Gasteiger partial charge is 0.378 e. The maximum Gasteiger partial charge on any atom is 0.134 e. The molecule has 0 amide bonds. The predicted molar refractivity (Wildman–Crippen MR) is 94.3 cm³/mol. The van der Waals surface area contributed by atoms with E-state index in [9.17, 15) is 4.39 Å². The molecule has 2 heterocycles. The number of nitrogens with one attached hydrogen (secondary N) is 1. The Labute approximate surface area is 147 Å². The van der Waals surface area contributed by atoms with Crippen molar-refractivity contribution in [1.82, 2.24) is 9.97 Å². The van der Waals surface area contributed by atoms with E-state index >= 15 is 0 Å². The fraction of sp³-hybridized carbons (Fsp3) is 0.444. The zero-order chi connectivity index (χ0) is 17.6. The Bertz CT molecular complexity index is 694. The summed E-state index contributed by atoms with van der Waals surface area (Å²) in [6.45, 7) is 4.95. The monoisotopic (exact) mass is 346 g/mol. The van der Waals surface area contributed by atoms with Crippen molar-refractivity contribution in [1.29, 1.82) is 0 Å². The van der Waals surface area contributed by atoms with E-state index in [-0.39, 0.29) is 11.9 Å². The smallest absolute Gasteiger partial charge is 0.134 e. The van der Waals surface area contributed by atoms with Crippen molar-refractivity contribution >= 4 is 11.6 Å². The molecule has 0 radical (unpaired) electrons. The van der Waals surface area contributed by atoms with Gasteiger partial charge in [0.05, 0.1) is 19.3 Å². The van der Waals surface area contributed by atoms with Crippen molar-refractivity contribution in [2.75, 3.05) is 43.6 Å². The lowest BCUT2D eigenvalue weighted by Crippen LogP contribution is -2.36. The van der Waals surface area contributed by atoms with Crippen LogP contribution in [0.2, 0.25) is 0 Å². The fourth-order valence-corrected chi connectivity index (χ4v) is 3.01. The molecule has 1 N–H and O–H groups in total. The van der Waals surface area contributed by atoms with Gasteiger partial charge >= 0.3 is 0 Å². The van der Waals surface area contributed by atoms with Gasteiger partial charge in [0.15, 0.2) is 0 Å². The Morgan fingerprint density at radius 1 is 1.24 bits per heavy atom. The normalized spacial score (nSPS) is 17.2. The van der Waals surface area contributed by atoms with E-state index in [1.165, 1.54) is 12.4 Å². The van der Waals surface area contributed by atoms with Gasteiger partial charge in [-0.25, -0.2) is 14.4 Å². The summed E-state index contributed by atoms with van der Waals surface area (Å²) >= 11 is 0. The van der Waals surface area contributed by atoms with E-state index < -0.39 is 6.10 Å². The SMILES string of the molecule is CO[C@H](c1ccccc1F)[C@H](C)Nc1cc(N2CCOCC2)ncn1. The highest BCUT2D eigenvalue weighted by atomic mass is 19.1. The number of anilines is 2. The first-order chi connectivity index (χ1) is 12.2. The average molecular weight is 346 g/mol. The van der Waals surface area contributed by atoms with Gasteiger partial charge in [-0.15, -0.1) is 0 Å². The number of benzene rings is 1. The molecular weight excluding hydrogens is 323 g/mol. The van der Waals surface area contributed by atoms with Crippen LogP contribution in [0.15, 0.2) is 36.7 Å². The lowest BCUT2D eigenvalue weighted by atomic mass is 10.0. The molecule has 1 aromatic carbocycles. The molecule has 2 atom stereocenters. The first-order valence-corrected chi connectivity index (χ1v) is 8.37. The van der Waals surface area contributed by atoms with Crippen molar-refractivity contribution in [2.24, 2.45) is 0 Å². The van der Waals surface area contributed by atoms with Crippen molar-refractivity contribution < 1.29 is 13.9 Å². The summed E-state index contributed by atoms with van der Waals surface area (Å²) in [5.74, 6) is 1.26. The minimum absolute atomic E-state index is 0.172. The summed E-state index contributed by atoms with van der Waals surface area (Å²) in [4.78, 5) is 10.8. The second-order valence-corrected chi connectivity index (χ2v) is 5.97. The third kappa shape index (κ3) is 4.24. The molecule has 1 aliphatic rings. The molecule has 25 heavy (non-hydrogen) atoms. The first-order valence-electron chi connectivity index (χ1n) is 8.37. The van der Waals surface area contributed by atoms with E-state index in [4.69, 9.17) is 9.47 Å². The molecule has 1 fully saturated rings. The quantitative estimate of drug-likeness (QED) is 0.868. The third-order valence-electron chi connectivity index (χ3n) is 4.28. The minimum Gasteiger partial charge on any atom is -0.378 e. The number of hydrogen-bond acceptors (Lipinski definition) is 6. The van der Waals surface area contributed by atoms with Crippen LogP contribution in [0, 0.1) is 5.82 Å². The fourth-order valence-electron chi connectivity index (χ4n) is 3.01. The van der Waals surface area contributed by atoms with Crippen LogP contribution < -0.4 is 10.2 Å². The molecule has 0 unspecified atom stereocenters. The highest BCUT2D eigenvalue weighted by molar-refractivity contribution is 5.49. The Morgan fingerprint density at radius 2 is 2.00 bits per heavy atom. The lowest BCUT2D eigenvalue weighted by Gasteiger charge is -2.28. The molecule has 0 saturated carbocycles. The van der Waals surface area contributed by atoms with Gasteiger partial charge < -0.3 is 19.7 Å². The van der Waals surface area contributed by atoms with E-state index in [0.29, 0.717) is 24.6 Å².